The van der Waals surface area contributed by atoms with Crippen LogP contribution in [0.15, 0.2) is 41.4 Å². The Hall–Kier alpha value is -2.35. The molecule has 3 aliphatic rings. The molecule has 2 aromatic carbocycles. The highest BCUT2D eigenvalue weighted by Gasteiger charge is 2.57. The van der Waals surface area contributed by atoms with Crippen LogP contribution in [0.2, 0.25) is 5.02 Å². The zero-order chi connectivity index (χ0) is 22.0. The van der Waals surface area contributed by atoms with Gasteiger partial charge < -0.3 is 15.2 Å². The Balaban J connectivity index is 1.63. The first kappa shape index (κ1) is 20.5. The first-order chi connectivity index (χ1) is 14.6. The molecule has 8 heteroatoms. The number of hydrogen-bond donors (Lipinski definition) is 1. The van der Waals surface area contributed by atoms with Crippen LogP contribution >= 0.6 is 11.6 Å². The molecule has 2 atom stereocenters. The van der Waals surface area contributed by atoms with Gasteiger partial charge in [0.1, 0.15) is 17.2 Å². The fraction of sp³-hybridized carbons (Fsp3) is 0.435. The van der Waals surface area contributed by atoms with E-state index in [-0.39, 0.29) is 10.6 Å². The van der Waals surface area contributed by atoms with Gasteiger partial charge in [0.2, 0.25) is 11.7 Å². The minimum Gasteiger partial charge on any atom is -0.486 e. The monoisotopic (exact) mass is 445 g/mol. The molecule has 0 aromatic heterocycles. The summed E-state index contributed by atoms with van der Waals surface area (Å²) in [5.74, 6) is 0.558. The predicted octanol–water partition coefficient (Wildman–Crippen LogP) is 4.60. The second-order valence-electron chi connectivity index (χ2n) is 9.18. The van der Waals surface area contributed by atoms with Gasteiger partial charge in [0.05, 0.1) is 22.8 Å². The molecule has 0 saturated carbocycles. The molecule has 5 rings (SSSR count). The maximum Gasteiger partial charge on any atom is 0.222 e. The third kappa shape index (κ3) is 3.45. The van der Waals surface area contributed by atoms with Gasteiger partial charge in [-0.3, -0.25) is 0 Å². The van der Waals surface area contributed by atoms with E-state index in [1.807, 2.05) is 18.2 Å². The summed E-state index contributed by atoms with van der Waals surface area (Å²) < 4.78 is 26.2. The Morgan fingerprint density at radius 1 is 1.13 bits per heavy atom. The van der Waals surface area contributed by atoms with Crippen LogP contribution in [0.5, 0.6) is 5.75 Å². The van der Waals surface area contributed by atoms with Crippen molar-refractivity contribution < 1.29 is 18.7 Å². The SMILES string of the molecule is CN1OC2(CC3(CCOC(C)(C)C3)Oc3ccc(-c4ccc(F)c(Cl)c4)cc32)N=C1N. The fourth-order valence-electron chi connectivity index (χ4n) is 4.98. The molecule has 0 bridgehead atoms. The molecule has 164 valence electrons. The summed E-state index contributed by atoms with van der Waals surface area (Å²) in [4.78, 5) is 11.0. The van der Waals surface area contributed by atoms with Gasteiger partial charge in [-0.15, -0.1) is 0 Å². The van der Waals surface area contributed by atoms with Gasteiger partial charge in [-0.25, -0.2) is 19.3 Å². The number of ether oxygens (including phenoxy) is 2. The third-order valence-electron chi connectivity index (χ3n) is 6.25. The molecule has 2 aromatic rings. The van der Waals surface area contributed by atoms with Gasteiger partial charge >= 0.3 is 0 Å². The van der Waals surface area contributed by atoms with Crippen LogP contribution in [0.1, 0.15) is 38.7 Å². The van der Waals surface area contributed by atoms with Gasteiger partial charge in [0, 0.05) is 26.3 Å². The van der Waals surface area contributed by atoms with Gasteiger partial charge in [0.25, 0.3) is 0 Å². The molecular weight excluding hydrogens is 421 g/mol. The molecule has 3 heterocycles. The lowest BCUT2D eigenvalue weighted by atomic mass is 9.75. The largest absolute Gasteiger partial charge is 0.486 e. The van der Waals surface area contributed by atoms with E-state index in [9.17, 15) is 4.39 Å². The predicted molar refractivity (Wildman–Crippen MR) is 116 cm³/mol. The van der Waals surface area contributed by atoms with E-state index in [0.29, 0.717) is 31.2 Å². The average Bonchev–Trinajstić information content (AvgIpc) is 2.96. The van der Waals surface area contributed by atoms with Crippen molar-refractivity contribution in [1.82, 2.24) is 5.06 Å². The molecule has 0 aliphatic carbocycles. The first-order valence-electron chi connectivity index (χ1n) is 10.3. The van der Waals surface area contributed by atoms with E-state index in [2.05, 4.69) is 13.8 Å². The summed E-state index contributed by atoms with van der Waals surface area (Å²) >= 11 is 6.01. The Morgan fingerprint density at radius 3 is 2.55 bits per heavy atom. The summed E-state index contributed by atoms with van der Waals surface area (Å²) in [7, 11) is 1.74. The molecule has 6 nitrogen and oxygen atoms in total. The minimum atomic E-state index is -1.00. The molecule has 2 spiro atoms. The summed E-state index contributed by atoms with van der Waals surface area (Å²) in [6, 6.07) is 10.5. The number of halogens is 2. The van der Waals surface area contributed by atoms with Crippen LogP contribution in [0.25, 0.3) is 11.1 Å². The summed E-state index contributed by atoms with van der Waals surface area (Å²) in [6.45, 7) is 4.74. The highest BCUT2D eigenvalue weighted by atomic mass is 35.5. The van der Waals surface area contributed by atoms with Crippen molar-refractivity contribution >= 4 is 17.6 Å². The number of guanidine groups is 1. The second kappa shape index (κ2) is 6.82. The van der Waals surface area contributed by atoms with Crippen LogP contribution in [0, 0.1) is 5.82 Å². The van der Waals surface area contributed by atoms with Crippen molar-refractivity contribution in [3.05, 3.63) is 52.8 Å². The van der Waals surface area contributed by atoms with Crippen LogP contribution in [-0.2, 0) is 15.3 Å². The van der Waals surface area contributed by atoms with E-state index in [4.69, 9.17) is 36.6 Å². The Labute approximate surface area is 185 Å². The topological polar surface area (TPSA) is 69.3 Å². The Morgan fingerprint density at radius 2 is 1.87 bits per heavy atom. The highest BCUT2D eigenvalue weighted by Crippen LogP contribution is 2.54. The fourth-order valence-corrected chi connectivity index (χ4v) is 5.16. The highest BCUT2D eigenvalue weighted by molar-refractivity contribution is 6.31. The van der Waals surface area contributed by atoms with Crippen LogP contribution in [0.3, 0.4) is 0 Å². The van der Waals surface area contributed by atoms with Crippen molar-refractivity contribution in [2.24, 2.45) is 10.7 Å². The van der Waals surface area contributed by atoms with Gasteiger partial charge in [-0.1, -0.05) is 23.7 Å². The number of nitrogens with zero attached hydrogens (tertiary/aromatic N) is 2. The Kier molecular flexibility index (Phi) is 4.52. The molecule has 31 heavy (non-hydrogen) atoms. The molecule has 1 fully saturated rings. The van der Waals surface area contributed by atoms with Gasteiger partial charge in [-0.05, 0) is 49.2 Å². The maximum absolute atomic E-state index is 13.7. The van der Waals surface area contributed by atoms with Gasteiger partial charge in [-0.2, -0.15) is 0 Å². The lowest BCUT2D eigenvalue weighted by Gasteiger charge is -2.50. The second-order valence-corrected chi connectivity index (χ2v) is 9.59. The van der Waals surface area contributed by atoms with Crippen LogP contribution < -0.4 is 10.5 Å². The summed E-state index contributed by atoms with van der Waals surface area (Å²) in [5, 5.41) is 1.57. The van der Waals surface area contributed by atoms with Gasteiger partial charge in [0.15, 0.2) is 0 Å². The molecule has 0 radical (unpaired) electrons. The molecule has 2 N–H and O–H groups in total. The first-order valence-corrected chi connectivity index (χ1v) is 10.7. The number of nitrogens with two attached hydrogens (primary N) is 1. The number of hydroxylamine groups is 2. The zero-order valence-electron chi connectivity index (χ0n) is 17.7. The molecule has 3 aliphatic heterocycles. The standard InChI is InChI=1S/C23H25ClFN3O3/c1-21(2)12-22(8-9-29-21)13-23(27-20(26)28(3)31-23)16-10-14(5-7-19(16)30-22)15-4-6-18(25)17(24)11-15/h4-7,10-11H,8-9,12-13H2,1-3H3,(H2,26,27). The molecular formula is C23H25ClFN3O3. The van der Waals surface area contributed by atoms with E-state index in [0.717, 1.165) is 23.1 Å². The number of hydrogen-bond acceptors (Lipinski definition) is 6. The Bertz CT molecular complexity index is 1090. The summed E-state index contributed by atoms with van der Waals surface area (Å²) in [6.07, 6.45) is 1.95. The van der Waals surface area contributed by atoms with Crippen LogP contribution in [0.4, 0.5) is 4.39 Å². The number of benzene rings is 2. The average molecular weight is 446 g/mol. The minimum absolute atomic E-state index is 0.0729. The summed E-state index contributed by atoms with van der Waals surface area (Å²) in [5.41, 5.74) is 6.76. The van der Waals surface area contributed by atoms with Crippen molar-refractivity contribution in [1.29, 1.82) is 0 Å². The van der Waals surface area contributed by atoms with Crippen molar-refractivity contribution in [3.8, 4) is 16.9 Å². The van der Waals surface area contributed by atoms with Crippen molar-refractivity contribution in [2.45, 2.75) is 50.0 Å². The van der Waals surface area contributed by atoms with Crippen LogP contribution in [-0.4, -0.2) is 35.9 Å². The van der Waals surface area contributed by atoms with Crippen molar-refractivity contribution in [2.75, 3.05) is 13.7 Å². The molecule has 2 unspecified atom stereocenters. The van der Waals surface area contributed by atoms with E-state index >= 15 is 0 Å². The number of fused-ring (bicyclic) bond motifs is 2. The lowest BCUT2D eigenvalue weighted by Crippen LogP contribution is -2.55. The van der Waals surface area contributed by atoms with E-state index in [1.54, 1.807) is 19.2 Å². The zero-order valence-corrected chi connectivity index (χ0v) is 18.5. The number of aliphatic imine (C=N–C) groups is 1. The molecule has 0 amide bonds. The molecule has 1 saturated heterocycles. The number of rotatable bonds is 1. The quantitative estimate of drug-likeness (QED) is 0.694. The van der Waals surface area contributed by atoms with E-state index < -0.39 is 17.1 Å². The maximum atomic E-state index is 13.7. The third-order valence-corrected chi connectivity index (χ3v) is 6.54. The normalized spacial score (nSPS) is 29.1. The lowest BCUT2D eigenvalue weighted by molar-refractivity contribution is -0.224. The van der Waals surface area contributed by atoms with Crippen molar-refractivity contribution in [3.63, 3.8) is 0 Å². The van der Waals surface area contributed by atoms with E-state index in [1.165, 1.54) is 11.1 Å². The smallest absolute Gasteiger partial charge is 0.222 e.